The molecule has 3 aromatic carbocycles. The third-order valence-corrected chi connectivity index (χ3v) is 8.16. The highest BCUT2D eigenvalue weighted by Gasteiger charge is 2.32. The summed E-state index contributed by atoms with van der Waals surface area (Å²) in [5.74, 6) is -1.17. The van der Waals surface area contributed by atoms with E-state index in [0.717, 1.165) is 8.78 Å². The van der Waals surface area contributed by atoms with Gasteiger partial charge in [-0.05, 0) is 66.9 Å². The summed E-state index contributed by atoms with van der Waals surface area (Å²) in [6.07, 6.45) is 0. The Bertz CT molecular complexity index is 1330. The first-order chi connectivity index (χ1) is 18.0. The van der Waals surface area contributed by atoms with E-state index in [1.807, 2.05) is 13.8 Å². The molecule has 0 bridgehead atoms. The van der Waals surface area contributed by atoms with Gasteiger partial charge in [0, 0.05) is 17.6 Å². The lowest BCUT2D eigenvalue weighted by molar-refractivity contribution is -0.139. The fraction of sp³-hybridized carbons (Fsp3) is 0.286. The van der Waals surface area contributed by atoms with E-state index >= 15 is 0 Å². The Labute approximate surface area is 231 Å². The van der Waals surface area contributed by atoms with Gasteiger partial charge in [0.05, 0.1) is 10.6 Å². The molecule has 0 aromatic heterocycles. The number of hydrogen-bond donors (Lipinski definition) is 1. The van der Waals surface area contributed by atoms with Crippen LogP contribution in [-0.2, 0) is 26.2 Å². The van der Waals surface area contributed by atoms with Gasteiger partial charge in [-0.15, -0.1) is 0 Å². The number of halogens is 2. The lowest BCUT2D eigenvalue weighted by Gasteiger charge is -2.32. The van der Waals surface area contributed by atoms with Crippen LogP contribution in [0, 0.1) is 11.7 Å². The fourth-order valence-electron chi connectivity index (χ4n) is 3.68. The molecule has 0 aliphatic carbocycles. The molecule has 3 rings (SSSR count). The Kier molecular flexibility index (Phi) is 10.0. The number of sulfonamides is 1. The molecule has 0 fully saturated rings. The van der Waals surface area contributed by atoms with Gasteiger partial charge < -0.3 is 10.2 Å². The smallest absolute Gasteiger partial charge is 0.264 e. The molecule has 0 radical (unpaired) electrons. The van der Waals surface area contributed by atoms with Crippen LogP contribution in [0.1, 0.15) is 26.3 Å². The van der Waals surface area contributed by atoms with E-state index in [9.17, 15) is 22.4 Å². The molecule has 0 aliphatic rings. The fourth-order valence-corrected chi connectivity index (χ4v) is 5.38. The minimum absolute atomic E-state index is 0.00502. The van der Waals surface area contributed by atoms with Crippen molar-refractivity contribution < 1.29 is 22.4 Å². The van der Waals surface area contributed by atoms with Crippen molar-refractivity contribution in [1.29, 1.82) is 0 Å². The largest absolute Gasteiger partial charge is 0.354 e. The number of nitrogens with zero attached hydrogens (tertiary/aromatic N) is 2. The molecule has 0 unspecified atom stereocenters. The van der Waals surface area contributed by atoms with Crippen LogP contribution in [-0.4, -0.2) is 44.3 Å². The molecule has 2 amide bonds. The topological polar surface area (TPSA) is 86.8 Å². The van der Waals surface area contributed by atoms with Gasteiger partial charge in [-0.25, -0.2) is 12.8 Å². The van der Waals surface area contributed by atoms with Crippen LogP contribution in [0.15, 0.2) is 88.2 Å². The maximum absolute atomic E-state index is 13.8. The lowest BCUT2D eigenvalue weighted by Crippen LogP contribution is -2.51. The molecular formula is C28H31BrFN3O4S. The summed E-state index contributed by atoms with van der Waals surface area (Å²) in [4.78, 5) is 28.1. The number of benzene rings is 3. The summed E-state index contributed by atoms with van der Waals surface area (Å²) in [5, 5.41) is 2.83. The summed E-state index contributed by atoms with van der Waals surface area (Å²) in [6.45, 7) is 5.38. The molecule has 0 aliphatic heterocycles. The highest BCUT2D eigenvalue weighted by Crippen LogP contribution is 2.26. The van der Waals surface area contributed by atoms with Crippen molar-refractivity contribution in [2.75, 3.05) is 17.4 Å². The maximum Gasteiger partial charge on any atom is 0.264 e. The first-order valence-electron chi connectivity index (χ1n) is 12.1. The quantitative estimate of drug-likeness (QED) is 0.335. The molecule has 0 spiro atoms. The van der Waals surface area contributed by atoms with E-state index in [1.165, 1.54) is 41.3 Å². The van der Waals surface area contributed by atoms with E-state index in [0.29, 0.717) is 17.8 Å². The minimum atomic E-state index is -4.12. The van der Waals surface area contributed by atoms with Gasteiger partial charge in [0.15, 0.2) is 0 Å². The lowest BCUT2D eigenvalue weighted by atomic mass is 10.1. The zero-order valence-corrected chi connectivity index (χ0v) is 23.9. The van der Waals surface area contributed by atoms with Crippen molar-refractivity contribution in [3.63, 3.8) is 0 Å². The highest BCUT2D eigenvalue weighted by molar-refractivity contribution is 9.10. The van der Waals surface area contributed by atoms with E-state index in [4.69, 9.17) is 0 Å². The van der Waals surface area contributed by atoms with Crippen molar-refractivity contribution in [1.82, 2.24) is 10.2 Å². The van der Waals surface area contributed by atoms with Crippen molar-refractivity contribution >= 4 is 43.5 Å². The van der Waals surface area contributed by atoms with Crippen molar-refractivity contribution in [3.8, 4) is 0 Å². The molecule has 10 heteroatoms. The SMILES string of the molecule is CC(C)CNC(=O)[C@H](C)N(Cc1ccc(F)cc1)C(=O)CN(c1ccc(Br)cc1)S(=O)(=O)c1ccccc1. The van der Waals surface area contributed by atoms with Crippen LogP contribution >= 0.6 is 15.9 Å². The first kappa shape index (κ1) is 29.3. The standard InChI is InChI=1S/C28H31BrFN3O4S/c1-20(2)17-31-28(35)21(3)32(18-22-9-13-24(30)14-10-22)27(34)19-33(25-15-11-23(29)12-16-25)38(36,37)26-7-5-4-6-8-26/h4-16,20-21H,17-19H2,1-3H3,(H,31,35)/t21-/m0/s1. The van der Waals surface area contributed by atoms with Crippen LogP contribution in [0.5, 0.6) is 0 Å². The molecule has 0 saturated heterocycles. The first-order valence-corrected chi connectivity index (χ1v) is 14.4. The van der Waals surface area contributed by atoms with Crippen LogP contribution in [0.3, 0.4) is 0 Å². The summed E-state index contributed by atoms with van der Waals surface area (Å²) >= 11 is 3.35. The molecule has 3 aromatic rings. The Balaban J connectivity index is 1.98. The van der Waals surface area contributed by atoms with E-state index < -0.39 is 34.3 Å². The van der Waals surface area contributed by atoms with Crippen molar-refractivity contribution in [3.05, 3.63) is 94.7 Å². The summed E-state index contributed by atoms with van der Waals surface area (Å²) in [5.41, 5.74) is 0.897. The summed E-state index contributed by atoms with van der Waals surface area (Å²) < 4.78 is 42.6. The summed E-state index contributed by atoms with van der Waals surface area (Å²) in [6, 6.07) is 19.1. The number of carbonyl (C=O) groups excluding carboxylic acids is 2. The van der Waals surface area contributed by atoms with Crippen molar-refractivity contribution in [2.24, 2.45) is 5.92 Å². The highest BCUT2D eigenvalue weighted by atomic mass is 79.9. The molecule has 0 saturated carbocycles. The second kappa shape index (κ2) is 13.0. The molecule has 0 heterocycles. The molecule has 202 valence electrons. The predicted octanol–water partition coefficient (Wildman–Crippen LogP) is 4.97. The Hall–Kier alpha value is -3.24. The monoisotopic (exact) mass is 603 g/mol. The van der Waals surface area contributed by atoms with Crippen LogP contribution in [0.2, 0.25) is 0 Å². The molecule has 1 N–H and O–H groups in total. The number of nitrogens with one attached hydrogen (secondary N) is 1. The summed E-state index contributed by atoms with van der Waals surface area (Å²) in [7, 11) is -4.12. The van der Waals surface area contributed by atoms with Gasteiger partial charge in [-0.2, -0.15) is 0 Å². The Morgan fingerprint density at radius 1 is 0.921 bits per heavy atom. The average Bonchev–Trinajstić information content (AvgIpc) is 2.90. The Morgan fingerprint density at radius 2 is 1.53 bits per heavy atom. The third-order valence-electron chi connectivity index (χ3n) is 5.84. The Morgan fingerprint density at radius 3 is 2.11 bits per heavy atom. The van der Waals surface area contributed by atoms with E-state index in [1.54, 1.807) is 49.4 Å². The molecular weight excluding hydrogens is 573 g/mol. The van der Waals surface area contributed by atoms with E-state index in [2.05, 4.69) is 21.2 Å². The van der Waals surface area contributed by atoms with Crippen LogP contribution in [0.25, 0.3) is 0 Å². The molecule has 1 atom stereocenters. The number of rotatable bonds is 11. The molecule has 38 heavy (non-hydrogen) atoms. The second-order valence-corrected chi connectivity index (χ2v) is 12.0. The number of anilines is 1. The molecule has 7 nitrogen and oxygen atoms in total. The van der Waals surface area contributed by atoms with E-state index in [-0.39, 0.29) is 23.3 Å². The zero-order valence-electron chi connectivity index (χ0n) is 21.5. The minimum Gasteiger partial charge on any atom is -0.354 e. The van der Waals surface area contributed by atoms with Crippen molar-refractivity contribution in [2.45, 2.75) is 38.3 Å². The van der Waals surface area contributed by atoms with Gasteiger partial charge >= 0.3 is 0 Å². The number of carbonyl (C=O) groups is 2. The maximum atomic E-state index is 13.8. The average molecular weight is 605 g/mol. The zero-order chi connectivity index (χ0) is 27.9. The third kappa shape index (κ3) is 7.64. The number of hydrogen-bond acceptors (Lipinski definition) is 4. The van der Waals surface area contributed by atoms with Crippen LogP contribution in [0.4, 0.5) is 10.1 Å². The van der Waals surface area contributed by atoms with Gasteiger partial charge in [-0.1, -0.05) is 60.1 Å². The van der Waals surface area contributed by atoms with Gasteiger partial charge in [0.1, 0.15) is 18.4 Å². The normalized spacial score (nSPS) is 12.2. The van der Waals surface area contributed by atoms with Gasteiger partial charge in [0.2, 0.25) is 11.8 Å². The van der Waals surface area contributed by atoms with Gasteiger partial charge in [-0.3, -0.25) is 13.9 Å². The predicted molar refractivity (Wildman–Crippen MR) is 149 cm³/mol. The van der Waals surface area contributed by atoms with Crippen LogP contribution < -0.4 is 9.62 Å². The van der Waals surface area contributed by atoms with Gasteiger partial charge in [0.25, 0.3) is 10.0 Å². The second-order valence-electron chi connectivity index (χ2n) is 9.26. The number of amides is 2.